The first-order valence-electron chi connectivity index (χ1n) is 6.25. The van der Waals surface area contributed by atoms with Gasteiger partial charge in [-0.25, -0.2) is 0 Å². The van der Waals surface area contributed by atoms with Crippen LogP contribution < -0.4 is 14.8 Å². The lowest BCUT2D eigenvalue weighted by Gasteiger charge is -2.17. The molecule has 1 aromatic heterocycles. The molecule has 0 spiro atoms. The number of rotatable bonds is 5. The molecule has 2 aromatic rings. The molecular formula is C15H18ClNO2S. The molecule has 1 aromatic carbocycles. The van der Waals surface area contributed by atoms with Gasteiger partial charge in [0, 0.05) is 4.88 Å². The van der Waals surface area contributed by atoms with Crippen molar-refractivity contribution in [1.82, 2.24) is 5.32 Å². The van der Waals surface area contributed by atoms with Crippen molar-refractivity contribution >= 4 is 22.9 Å². The van der Waals surface area contributed by atoms with E-state index in [1.165, 1.54) is 4.88 Å². The molecule has 1 unspecified atom stereocenters. The van der Waals surface area contributed by atoms with Crippen molar-refractivity contribution in [3.8, 4) is 11.5 Å². The topological polar surface area (TPSA) is 30.5 Å². The number of nitrogens with one attached hydrogen (secondary N) is 1. The predicted molar refractivity (Wildman–Crippen MR) is 84.5 cm³/mol. The fourth-order valence-corrected chi connectivity index (χ4v) is 3.49. The van der Waals surface area contributed by atoms with Crippen LogP contribution in [0.5, 0.6) is 11.5 Å². The lowest BCUT2D eigenvalue weighted by atomic mass is 10.0. The fourth-order valence-electron chi connectivity index (χ4n) is 2.13. The molecule has 0 saturated heterocycles. The van der Waals surface area contributed by atoms with Crippen LogP contribution in [0.25, 0.3) is 0 Å². The maximum absolute atomic E-state index is 6.17. The van der Waals surface area contributed by atoms with Crippen LogP contribution in [0.3, 0.4) is 0 Å². The maximum Gasteiger partial charge on any atom is 0.161 e. The Morgan fingerprint density at radius 3 is 2.35 bits per heavy atom. The summed E-state index contributed by atoms with van der Waals surface area (Å²) in [6, 6.07) is 8.14. The van der Waals surface area contributed by atoms with Gasteiger partial charge in [-0.2, -0.15) is 0 Å². The Labute approximate surface area is 128 Å². The van der Waals surface area contributed by atoms with Crippen molar-refractivity contribution in [3.05, 3.63) is 44.6 Å². The normalized spacial score (nSPS) is 12.2. The smallest absolute Gasteiger partial charge is 0.161 e. The summed E-state index contributed by atoms with van der Waals surface area (Å²) in [6.45, 7) is 2.02. The molecule has 5 heteroatoms. The molecule has 0 bridgehead atoms. The SMILES string of the molecule is CNC(c1ccc(OC)c(OC)c1)c1cc(C)c(Cl)s1. The third-order valence-corrected chi connectivity index (χ3v) is 4.81. The highest BCUT2D eigenvalue weighted by Gasteiger charge is 2.17. The Kier molecular flexibility index (Phi) is 4.91. The van der Waals surface area contributed by atoms with E-state index in [2.05, 4.69) is 11.4 Å². The van der Waals surface area contributed by atoms with Crippen molar-refractivity contribution < 1.29 is 9.47 Å². The van der Waals surface area contributed by atoms with Crippen LogP contribution in [0, 0.1) is 6.92 Å². The molecule has 1 atom stereocenters. The van der Waals surface area contributed by atoms with E-state index in [1.807, 2.05) is 32.2 Å². The Morgan fingerprint density at radius 1 is 1.15 bits per heavy atom. The summed E-state index contributed by atoms with van der Waals surface area (Å²) in [4.78, 5) is 1.18. The summed E-state index contributed by atoms with van der Waals surface area (Å²) >= 11 is 7.77. The second-order valence-corrected chi connectivity index (χ2v) is 6.13. The molecule has 0 saturated carbocycles. The van der Waals surface area contributed by atoms with Gasteiger partial charge in [0.25, 0.3) is 0 Å². The van der Waals surface area contributed by atoms with Crippen LogP contribution in [0.4, 0.5) is 0 Å². The average molecular weight is 312 g/mol. The van der Waals surface area contributed by atoms with E-state index in [1.54, 1.807) is 25.6 Å². The van der Waals surface area contributed by atoms with Gasteiger partial charge in [0.15, 0.2) is 11.5 Å². The molecule has 0 aliphatic rings. The molecule has 108 valence electrons. The molecule has 0 amide bonds. The first kappa shape index (κ1) is 15.2. The van der Waals surface area contributed by atoms with Gasteiger partial charge in [-0.3, -0.25) is 0 Å². The summed E-state index contributed by atoms with van der Waals surface area (Å²) in [5.74, 6) is 1.45. The van der Waals surface area contributed by atoms with Crippen molar-refractivity contribution in [1.29, 1.82) is 0 Å². The molecule has 1 N–H and O–H groups in total. The van der Waals surface area contributed by atoms with Crippen LogP contribution in [0.2, 0.25) is 4.34 Å². The molecule has 0 aliphatic heterocycles. The van der Waals surface area contributed by atoms with Gasteiger partial charge in [0.05, 0.1) is 24.6 Å². The van der Waals surface area contributed by atoms with E-state index in [4.69, 9.17) is 21.1 Å². The van der Waals surface area contributed by atoms with Gasteiger partial charge < -0.3 is 14.8 Å². The first-order valence-corrected chi connectivity index (χ1v) is 7.45. The van der Waals surface area contributed by atoms with Gasteiger partial charge in [0.2, 0.25) is 0 Å². The summed E-state index contributed by atoms with van der Waals surface area (Å²) < 4.78 is 11.5. The minimum Gasteiger partial charge on any atom is -0.493 e. The monoisotopic (exact) mass is 311 g/mol. The van der Waals surface area contributed by atoms with Crippen molar-refractivity contribution in [2.45, 2.75) is 13.0 Å². The molecule has 1 heterocycles. The van der Waals surface area contributed by atoms with Crippen molar-refractivity contribution in [2.75, 3.05) is 21.3 Å². The third kappa shape index (κ3) is 2.92. The minimum absolute atomic E-state index is 0.0889. The number of hydrogen-bond donors (Lipinski definition) is 1. The Bertz CT molecular complexity index is 578. The van der Waals surface area contributed by atoms with E-state index in [0.717, 1.165) is 27.0 Å². The van der Waals surface area contributed by atoms with E-state index in [0.29, 0.717) is 0 Å². The molecule has 0 radical (unpaired) electrons. The van der Waals surface area contributed by atoms with Crippen LogP contribution in [-0.4, -0.2) is 21.3 Å². The Hall–Kier alpha value is -1.23. The number of aryl methyl sites for hydroxylation is 1. The van der Waals surface area contributed by atoms with Gasteiger partial charge >= 0.3 is 0 Å². The van der Waals surface area contributed by atoms with Crippen LogP contribution in [0.1, 0.15) is 22.0 Å². The number of ether oxygens (including phenoxy) is 2. The number of halogens is 1. The summed E-state index contributed by atoms with van der Waals surface area (Å²) in [5.41, 5.74) is 2.22. The summed E-state index contributed by atoms with van der Waals surface area (Å²) in [5, 5.41) is 3.32. The van der Waals surface area contributed by atoms with Gasteiger partial charge in [-0.05, 0) is 43.3 Å². The Balaban J connectivity index is 2.41. The maximum atomic E-state index is 6.17. The number of hydrogen-bond acceptors (Lipinski definition) is 4. The average Bonchev–Trinajstić information content (AvgIpc) is 2.79. The highest BCUT2D eigenvalue weighted by Crippen LogP contribution is 2.36. The summed E-state index contributed by atoms with van der Waals surface area (Å²) in [7, 11) is 5.21. The first-order chi connectivity index (χ1) is 9.60. The van der Waals surface area contributed by atoms with Gasteiger partial charge in [0.1, 0.15) is 0 Å². The number of benzene rings is 1. The van der Waals surface area contributed by atoms with Gasteiger partial charge in [-0.15, -0.1) is 11.3 Å². The zero-order valence-corrected chi connectivity index (χ0v) is 13.6. The molecule has 0 aliphatic carbocycles. The van der Waals surface area contributed by atoms with E-state index < -0.39 is 0 Å². The van der Waals surface area contributed by atoms with Crippen molar-refractivity contribution in [3.63, 3.8) is 0 Å². The zero-order valence-electron chi connectivity index (χ0n) is 12.0. The second kappa shape index (κ2) is 6.48. The van der Waals surface area contributed by atoms with Crippen LogP contribution in [0.15, 0.2) is 24.3 Å². The molecule has 2 rings (SSSR count). The minimum atomic E-state index is 0.0889. The lowest BCUT2D eigenvalue weighted by Crippen LogP contribution is -2.16. The summed E-state index contributed by atoms with van der Waals surface area (Å²) in [6.07, 6.45) is 0. The van der Waals surface area contributed by atoms with E-state index in [9.17, 15) is 0 Å². The third-order valence-electron chi connectivity index (χ3n) is 3.19. The molecule has 0 fully saturated rings. The second-order valence-electron chi connectivity index (χ2n) is 4.44. The zero-order chi connectivity index (χ0) is 14.7. The van der Waals surface area contributed by atoms with Crippen LogP contribution in [-0.2, 0) is 0 Å². The lowest BCUT2D eigenvalue weighted by molar-refractivity contribution is 0.354. The fraction of sp³-hybridized carbons (Fsp3) is 0.333. The standard InChI is InChI=1S/C15H18ClNO2S/c1-9-7-13(20-15(9)16)14(17-2)10-5-6-11(18-3)12(8-10)19-4/h5-8,14,17H,1-4H3. The number of thiophene rings is 1. The molecule has 20 heavy (non-hydrogen) atoms. The quantitative estimate of drug-likeness (QED) is 0.904. The van der Waals surface area contributed by atoms with Crippen LogP contribution >= 0.6 is 22.9 Å². The van der Waals surface area contributed by atoms with E-state index in [-0.39, 0.29) is 6.04 Å². The van der Waals surface area contributed by atoms with E-state index >= 15 is 0 Å². The molecule has 3 nitrogen and oxygen atoms in total. The Morgan fingerprint density at radius 2 is 1.85 bits per heavy atom. The predicted octanol–water partition coefficient (Wildman–Crippen LogP) is 4.04. The molecular weight excluding hydrogens is 294 g/mol. The van der Waals surface area contributed by atoms with Gasteiger partial charge in [-0.1, -0.05) is 17.7 Å². The highest BCUT2D eigenvalue weighted by molar-refractivity contribution is 7.16. The number of methoxy groups -OCH3 is 2. The van der Waals surface area contributed by atoms with Crippen molar-refractivity contribution in [2.24, 2.45) is 0 Å². The largest absolute Gasteiger partial charge is 0.493 e. The highest BCUT2D eigenvalue weighted by atomic mass is 35.5.